The van der Waals surface area contributed by atoms with Crippen LogP contribution in [0.3, 0.4) is 0 Å². The van der Waals surface area contributed by atoms with Gasteiger partial charge in [-0.1, -0.05) is 142 Å². The number of hydrogen-bond acceptors (Lipinski definition) is 13. The van der Waals surface area contributed by atoms with Crippen LogP contribution in [0, 0.1) is 0 Å². The Bertz CT molecular complexity index is 988. The van der Waals surface area contributed by atoms with Gasteiger partial charge < -0.3 is 65.1 Å². The number of carbonyl (C=O) groups is 1. The van der Waals surface area contributed by atoms with E-state index in [1.807, 2.05) is 6.08 Å². The van der Waals surface area contributed by atoms with Gasteiger partial charge in [0.15, 0.2) is 12.6 Å². The van der Waals surface area contributed by atoms with Gasteiger partial charge in [-0.3, -0.25) is 4.79 Å². The quantitative estimate of drug-likeness (QED) is 0.0364. The molecule has 0 aromatic rings. The van der Waals surface area contributed by atoms with Gasteiger partial charge >= 0.3 is 0 Å². The molecule has 12 unspecified atom stereocenters. The SMILES string of the molecule is CCCC/C=C/C(O)C(COC1OC(CO)C(OC2OC(CO)C(O)C(O)C2O)C(O)C1O)NC(=O)CCCCCCCCCCCCCCCCCCC. The van der Waals surface area contributed by atoms with Gasteiger partial charge in [0.25, 0.3) is 0 Å². The van der Waals surface area contributed by atoms with Crippen LogP contribution in [-0.2, 0) is 23.7 Å². The Labute approximate surface area is 329 Å². The summed E-state index contributed by atoms with van der Waals surface area (Å²) in [4.78, 5) is 13.0. The third kappa shape index (κ3) is 18.9. The van der Waals surface area contributed by atoms with E-state index in [1.54, 1.807) is 6.08 Å². The first-order valence-electron chi connectivity index (χ1n) is 21.4. The summed E-state index contributed by atoms with van der Waals surface area (Å²) in [6.07, 6.45) is 10.6. The van der Waals surface area contributed by atoms with E-state index in [4.69, 9.17) is 18.9 Å². The lowest BCUT2D eigenvalue weighted by Gasteiger charge is -2.46. The first-order chi connectivity index (χ1) is 26.6. The summed E-state index contributed by atoms with van der Waals surface area (Å²) in [6, 6.07) is -0.903. The summed E-state index contributed by atoms with van der Waals surface area (Å²) in [7, 11) is 0. The summed E-state index contributed by atoms with van der Waals surface area (Å²) >= 11 is 0. The zero-order valence-corrected chi connectivity index (χ0v) is 33.7. The number of unbranched alkanes of at least 4 members (excludes halogenated alkanes) is 18. The van der Waals surface area contributed by atoms with Crippen LogP contribution in [0.4, 0.5) is 0 Å². The fraction of sp³-hybridized carbons (Fsp3) is 0.927. The Kier molecular flexibility index (Phi) is 27.1. The largest absolute Gasteiger partial charge is 0.394 e. The highest BCUT2D eigenvalue weighted by atomic mass is 16.7. The van der Waals surface area contributed by atoms with E-state index in [2.05, 4.69) is 19.2 Å². The first-order valence-corrected chi connectivity index (χ1v) is 21.4. The number of ether oxygens (including phenoxy) is 4. The lowest BCUT2D eigenvalue weighted by Crippen LogP contribution is -2.65. The number of rotatable bonds is 31. The molecule has 2 aliphatic heterocycles. The monoisotopic (exact) mass is 792 g/mol. The van der Waals surface area contributed by atoms with E-state index in [0.29, 0.717) is 6.42 Å². The molecule has 0 saturated carbocycles. The van der Waals surface area contributed by atoms with Crippen molar-refractivity contribution < 1.29 is 64.6 Å². The standard InChI is InChI=1S/C41H77NO13/c1-3-5-7-9-10-11-12-13-14-15-16-17-18-19-20-21-23-25-33(46)42-29(30(45)24-22-8-6-4-2)28-52-40-38(51)36(49)39(32(27-44)54-40)55-41-37(50)35(48)34(47)31(26-43)53-41/h22,24,29-32,34-41,43-45,47-51H,3-21,23,25-28H2,1-2H3,(H,42,46)/b24-22+. The van der Waals surface area contributed by atoms with Crippen molar-refractivity contribution in [1.82, 2.24) is 5.32 Å². The van der Waals surface area contributed by atoms with E-state index in [-0.39, 0.29) is 18.9 Å². The molecule has 2 heterocycles. The molecule has 2 fully saturated rings. The fourth-order valence-electron chi connectivity index (χ4n) is 7.10. The van der Waals surface area contributed by atoms with Crippen molar-refractivity contribution in [3.05, 3.63) is 12.2 Å². The molecule has 0 spiro atoms. The van der Waals surface area contributed by atoms with Crippen LogP contribution < -0.4 is 5.32 Å². The van der Waals surface area contributed by atoms with Gasteiger partial charge in [-0.25, -0.2) is 0 Å². The van der Waals surface area contributed by atoms with E-state index in [9.17, 15) is 45.6 Å². The third-order valence-electron chi connectivity index (χ3n) is 10.7. The highest BCUT2D eigenvalue weighted by Gasteiger charge is 2.50. The topological polar surface area (TPSA) is 228 Å². The summed E-state index contributed by atoms with van der Waals surface area (Å²) in [5.41, 5.74) is 0. The molecule has 12 atom stereocenters. The van der Waals surface area contributed by atoms with Gasteiger partial charge in [0.05, 0.1) is 32.0 Å². The Balaban J connectivity index is 1.78. The molecule has 14 nitrogen and oxygen atoms in total. The van der Waals surface area contributed by atoms with Crippen LogP contribution in [0.15, 0.2) is 12.2 Å². The highest BCUT2D eigenvalue weighted by Crippen LogP contribution is 2.30. The Morgan fingerprint density at radius 3 is 1.65 bits per heavy atom. The van der Waals surface area contributed by atoms with Gasteiger partial charge in [-0.15, -0.1) is 0 Å². The molecule has 2 rings (SSSR count). The zero-order valence-electron chi connectivity index (χ0n) is 33.7. The second kappa shape index (κ2) is 29.9. The van der Waals surface area contributed by atoms with Crippen molar-refractivity contribution in [2.45, 2.75) is 222 Å². The van der Waals surface area contributed by atoms with Crippen molar-refractivity contribution >= 4 is 5.91 Å². The van der Waals surface area contributed by atoms with Crippen molar-refractivity contribution in [1.29, 1.82) is 0 Å². The molecule has 9 N–H and O–H groups in total. The predicted octanol–water partition coefficient (Wildman–Crippen LogP) is 3.26. The third-order valence-corrected chi connectivity index (χ3v) is 10.7. The van der Waals surface area contributed by atoms with E-state index < -0.39 is 86.8 Å². The lowest BCUT2D eigenvalue weighted by atomic mass is 9.97. The molecule has 0 aromatic heterocycles. The summed E-state index contributed by atoms with van der Waals surface area (Å²) in [5.74, 6) is -0.248. The van der Waals surface area contributed by atoms with E-state index >= 15 is 0 Å². The maximum atomic E-state index is 13.0. The average molecular weight is 792 g/mol. The van der Waals surface area contributed by atoms with Crippen LogP contribution in [0.25, 0.3) is 0 Å². The molecule has 0 bridgehead atoms. The van der Waals surface area contributed by atoms with Crippen molar-refractivity contribution in [3.63, 3.8) is 0 Å². The Morgan fingerprint density at radius 1 is 0.636 bits per heavy atom. The summed E-state index contributed by atoms with van der Waals surface area (Å²) in [6.45, 7) is 2.60. The smallest absolute Gasteiger partial charge is 0.220 e. The molecule has 1 amide bonds. The van der Waals surface area contributed by atoms with Crippen molar-refractivity contribution in [2.75, 3.05) is 19.8 Å². The molecule has 2 saturated heterocycles. The van der Waals surface area contributed by atoms with Crippen LogP contribution >= 0.6 is 0 Å². The molecule has 0 aromatic carbocycles. The molecular formula is C41H77NO13. The number of allylic oxidation sites excluding steroid dienone is 1. The van der Waals surface area contributed by atoms with E-state index in [0.717, 1.165) is 38.5 Å². The molecule has 14 heteroatoms. The number of amides is 1. The number of aliphatic hydroxyl groups excluding tert-OH is 8. The zero-order chi connectivity index (χ0) is 40.4. The Hall–Kier alpha value is -1.27. The van der Waals surface area contributed by atoms with Crippen LogP contribution in [0.5, 0.6) is 0 Å². The molecule has 0 radical (unpaired) electrons. The molecular weight excluding hydrogens is 714 g/mol. The normalized spacial score (nSPS) is 29.8. The number of nitrogens with one attached hydrogen (secondary N) is 1. The van der Waals surface area contributed by atoms with Gasteiger partial charge in [0.2, 0.25) is 5.91 Å². The van der Waals surface area contributed by atoms with Crippen LogP contribution in [0.1, 0.15) is 149 Å². The minimum absolute atomic E-state index is 0.248. The lowest BCUT2D eigenvalue weighted by molar-refractivity contribution is -0.359. The van der Waals surface area contributed by atoms with Crippen LogP contribution in [-0.4, -0.2) is 140 Å². The van der Waals surface area contributed by atoms with E-state index in [1.165, 1.54) is 83.5 Å². The number of carbonyl (C=O) groups excluding carboxylic acids is 1. The average Bonchev–Trinajstić information content (AvgIpc) is 3.18. The molecule has 324 valence electrons. The van der Waals surface area contributed by atoms with Gasteiger partial charge in [0.1, 0.15) is 48.8 Å². The maximum Gasteiger partial charge on any atom is 0.220 e. The minimum Gasteiger partial charge on any atom is -0.394 e. The number of hydrogen-bond donors (Lipinski definition) is 9. The predicted molar refractivity (Wildman–Crippen MR) is 208 cm³/mol. The van der Waals surface area contributed by atoms with Crippen molar-refractivity contribution in [2.24, 2.45) is 0 Å². The minimum atomic E-state index is -1.78. The first kappa shape index (κ1) is 49.9. The molecule has 55 heavy (non-hydrogen) atoms. The van der Waals surface area contributed by atoms with Gasteiger partial charge in [-0.2, -0.15) is 0 Å². The van der Waals surface area contributed by atoms with Gasteiger partial charge in [0, 0.05) is 6.42 Å². The molecule has 2 aliphatic rings. The van der Waals surface area contributed by atoms with Gasteiger partial charge in [-0.05, 0) is 12.8 Å². The second-order valence-corrected chi connectivity index (χ2v) is 15.5. The van der Waals surface area contributed by atoms with Crippen LogP contribution in [0.2, 0.25) is 0 Å². The summed E-state index contributed by atoms with van der Waals surface area (Å²) in [5, 5.41) is 85.7. The van der Waals surface area contributed by atoms with Crippen molar-refractivity contribution in [3.8, 4) is 0 Å². The fourth-order valence-corrected chi connectivity index (χ4v) is 7.10. The summed E-state index contributed by atoms with van der Waals surface area (Å²) < 4.78 is 22.4. The highest BCUT2D eigenvalue weighted by molar-refractivity contribution is 5.76. The Morgan fingerprint density at radius 2 is 1.13 bits per heavy atom. The number of aliphatic hydroxyl groups is 8. The second-order valence-electron chi connectivity index (χ2n) is 15.5. The molecule has 0 aliphatic carbocycles. The maximum absolute atomic E-state index is 13.0.